The molecule has 2 rings (SSSR count). The van der Waals surface area contributed by atoms with Gasteiger partial charge in [0.05, 0.1) is 0 Å². The summed E-state index contributed by atoms with van der Waals surface area (Å²) in [6.07, 6.45) is 3.25. The maximum absolute atomic E-state index is 11.7. The Bertz CT molecular complexity index is 600. The normalized spacial score (nSPS) is 10.6. The molecule has 0 aliphatic heterocycles. The van der Waals surface area contributed by atoms with Crippen LogP contribution < -0.4 is 5.32 Å². The predicted octanol–water partition coefficient (Wildman–Crippen LogP) is 3.35. The number of rotatable bonds is 3. The highest BCUT2D eigenvalue weighted by molar-refractivity contribution is 6.01. The first kappa shape index (κ1) is 12.9. The molecule has 3 nitrogen and oxygen atoms in total. The Hall–Kier alpha value is -2.55. The number of hydrogen-bond acceptors (Lipinski definition) is 2. The summed E-state index contributed by atoms with van der Waals surface area (Å²) in [5.74, 6) is -0.0273. The second-order valence-corrected chi connectivity index (χ2v) is 4.28. The molecule has 0 fully saturated rings. The Morgan fingerprint density at radius 2 is 1.89 bits per heavy atom. The number of nitrogens with one attached hydrogen (secondary N) is 1. The van der Waals surface area contributed by atoms with Crippen LogP contribution in [0.4, 0.5) is 5.69 Å². The number of carbonyl (C=O) groups excluding carboxylic acids is 1. The molecular formula is C16H15NO2. The van der Waals surface area contributed by atoms with Crippen LogP contribution in [0.1, 0.15) is 11.1 Å². The van der Waals surface area contributed by atoms with Gasteiger partial charge in [-0.05, 0) is 42.8 Å². The maximum atomic E-state index is 11.7. The van der Waals surface area contributed by atoms with Crippen molar-refractivity contribution in [3.63, 3.8) is 0 Å². The largest absolute Gasteiger partial charge is 0.508 e. The number of carbonyl (C=O) groups is 1. The fraction of sp³-hybridized carbons (Fsp3) is 0.0625. The van der Waals surface area contributed by atoms with E-state index in [2.05, 4.69) is 5.32 Å². The van der Waals surface area contributed by atoms with Gasteiger partial charge in [0.2, 0.25) is 5.91 Å². The monoisotopic (exact) mass is 253 g/mol. The summed E-state index contributed by atoms with van der Waals surface area (Å²) >= 11 is 0. The van der Waals surface area contributed by atoms with E-state index in [9.17, 15) is 4.79 Å². The fourth-order valence-electron chi connectivity index (χ4n) is 1.67. The van der Waals surface area contributed by atoms with Gasteiger partial charge in [-0.2, -0.15) is 0 Å². The molecule has 0 aliphatic carbocycles. The lowest BCUT2D eigenvalue weighted by molar-refractivity contribution is -0.111. The molecule has 1 amide bonds. The van der Waals surface area contributed by atoms with E-state index >= 15 is 0 Å². The van der Waals surface area contributed by atoms with Gasteiger partial charge in [-0.1, -0.05) is 29.8 Å². The van der Waals surface area contributed by atoms with Gasteiger partial charge in [-0.25, -0.2) is 0 Å². The van der Waals surface area contributed by atoms with Crippen LogP contribution in [0.5, 0.6) is 5.75 Å². The van der Waals surface area contributed by atoms with Crippen LogP contribution in [0.15, 0.2) is 54.6 Å². The van der Waals surface area contributed by atoms with E-state index in [0.717, 1.165) is 11.1 Å². The minimum absolute atomic E-state index is 0.174. The highest BCUT2D eigenvalue weighted by atomic mass is 16.3. The van der Waals surface area contributed by atoms with Gasteiger partial charge in [-0.15, -0.1) is 0 Å². The molecule has 0 heterocycles. The number of aryl methyl sites for hydroxylation is 1. The molecule has 0 aromatic heterocycles. The third-order valence-electron chi connectivity index (χ3n) is 2.60. The minimum Gasteiger partial charge on any atom is -0.508 e. The molecular weight excluding hydrogens is 238 g/mol. The van der Waals surface area contributed by atoms with E-state index in [4.69, 9.17) is 5.11 Å². The number of benzene rings is 2. The van der Waals surface area contributed by atoms with Crippen molar-refractivity contribution in [3.05, 3.63) is 65.7 Å². The molecule has 0 spiro atoms. The van der Waals surface area contributed by atoms with Gasteiger partial charge < -0.3 is 10.4 Å². The molecule has 96 valence electrons. The van der Waals surface area contributed by atoms with Crippen molar-refractivity contribution in [2.75, 3.05) is 5.32 Å². The third kappa shape index (κ3) is 4.00. The van der Waals surface area contributed by atoms with Gasteiger partial charge >= 0.3 is 0 Å². The number of anilines is 1. The van der Waals surface area contributed by atoms with Crippen molar-refractivity contribution in [2.24, 2.45) is 0 Å². The van der Waals surface area contributed by atoms with E-state index in [1.165, 1.54) is 18.2 Å². The number of phenolic OH excluding ortho intramolecular Hbond substituents is 1. The van der Waals surface area contributed by atoms with Crippen molar-refractivity contribution in [3.8, 4) is 5.75 Å². The maximum Gasteiger partial charge on any atom is 0.248 e. The molecule has 0 aliphatic rings. The van der Waals surface area contributed by atoms with E-state index in [-0.39, 0.29) is 11.7 Å². The average molecular weight is 253 g/mol. The molecule has 2 N–H and O–H groups in total. The van der Waals surface area contributed by atoms with Crippen LogP contribution in [0.3, 0.4) is 0 Å². The molecule has 0 saturated heterocycles. The number of hydrogen-bond donors (Lipinski definition) is 2. The van der Waals surface area contributed by atoms with Crippen LogP contribution in [0, 0.1) is 6.92 Å². The van der Waals surface area contributed by atoms with Crippen molar-refractivity contribution in [1.29, 1.82) is 0 Å². The van der Waals surface area contributed by atoms with Crippen molar-refractivity contribution in [1.82, 2.24) is 0 Å². The Balaban J connectivity index is 1.99. The molecule has 2 aromatic carbocycles. The summed E-state index contributed by atoms with van der Waals surface area (Å²) in [5.41, 5.74) is 2.79. The van der Waals surface area contributed by atoms with Crippen molar-refractivity contribution >= 4 is 17.7 Å². The smallest absolute Gasteiger partial charge is 0.248 e. The zero-order chi connectivity index (χ0) is 13.7. The summed E-state index contributed by atoms with van der Waals surface area (Å²) in [5, 5.41) is 11.9. The molecule has 2 aromatic rings. The fourth-order valence-corrected chi connectivity index (χ4v) is 1.67. The first-order valence-electron chi connectivity index (χ1n) is 5.98. The number of aromatic hydroxyl groups is 1. The summed E-state index contributed by atoms with van der Waals surface area (Å²) < 4.78 is 0. The lowest BCUT2D eigenvalue weighted by Gasteiger charge is -2.01. The summed E-state index contributed by atoms with van der Waals surface area (Å²) in [6.45, 7) is 2.01. The van der Waals surface area contributed by atoms with Crippen molar-refractivity contribution in [2.45, 2.75) is 6.92 Å². The summed E-state index contributed by atoms with van der Waals surface area (Å²) in [6, 6.07) is 14.3. The first-order chi connectivity index (χ1) is 9.13. The third-order valence-corrected chi connectivity index (χ3v) is 2.60. The van der Waals surface area contributed by atoms with E-state index in [1.54, 1.807) is 18.2 Å². The molecule has 0 unspecified atom stereocenters. The Morgan fingerprint density at radius 3 is 2.58 bits per heavy atom. The van der Waals surface area contributed by atoms with Crippen LogP contribution in [-0.4, -0.2) is 11.0 Å². The molecule has 0 bridgehead atoms. The van der Waals surface area contributed by atoms with E-state index in [1.807, 2.05) is 31.2 Å². The predicted molar refractivity (Wildman–Crippen MR) is 76.9 cm³/mol. The Labute approximate surface area is 112 Å². The summed E-state index contributed by atoms with van der Waals surface area (Å²) in [7, 11) is 0. The average Bonchev–Trinajstić information content (AvgIpc) is 2.39. The zero-order valence-corrected chi connectivity index (χ0v) is 10.6. The second kappa shape index (κ2) is 5.87. The van der Waals surface area contributed by atoms with Crippen molar-refractivity contribution < 1.29 is 9.90 Å². The lowest BCUT2D eigenvalue weighted by Crippen LogP contribution is -2.07. The lowest BCUT2D eigenvalue weighted by atomic mass is 10.1. The molecule has 0 saturated carbocycles. The number of phenols is 1. The van der Waals surface area contributed by atoms with Crippen LogP contribution in [0.2, 0.25) is 0 Å². The van der Waals surface area contributed by atoms with Gasteiger partial charge in [-0.3, -0.25) is 4.79 Å². The molecule has 3 heteroatoms. The topological polar surface area (TPSA) is 49.3 Å². The zero-order valence-electron chi connectivity index (χ0n) is 10.6. The second-order valence-electron chi connectivity index (χ2n) is 4.28. The van der Waals surface area contributed by atoms with Crippen LogP contribution in [-0.2, 0) is 4.79 Å². The quantitative estimate of drug-likeness (QED) is 0.651. The Morgan fingerprint density at radius 1 is 1.16 bits per heavy atom. The highest BCUT2D eigenvalue weighted by Gasteiger charge is 1.97. The molecule has 19 heavy (non-hydrogen) atoms. The van der Waals surface area contributed by atoms with Gasteiger partial charge in [0.1, 0.15) is 5.75 Å². The van der Waals surface area contributed by atoms with Gasteiger partial charge in [0.15, 0.2) is 0 Å². The molecule has 0 atom stereocenters. The standard InChI is InChI=1S/C16H15NO2/c1-12-3-2-4-13(11-12)5-10-16(19)17-14-6-8-15(18)9-7-14/h2-11,18H,1H3,(H,17,19). The van der Waals surface area contributed by atoms with E-state index in [0.29, 0.717) is 5.69 Å². The SMILES string of the molecule is Cc1cccc(C=CC(=O)Nc2ccc(O)cc2)c1. The van der Waals surface area contributed by atoms with E-state index < -0.39 is 0 Å². The van der Waals surface area contributed by atoms with Gasteiger partial charge in [0.25, 0.3) is 0 Å². The van der Waals surface area contributed by atoms with Crippen LogP contribution >= 0.6 is 0 Å². The van der Waals surface area contributed by atoms with Crippen LogP contribution in [0.25, 0.3) is 6.08 Å². The highest BCUT2D eigenvalue weighted by Crippen LogP contribution is 2.13. The number of amides is 1. The first-order valence-corrected chi connectivity index (χ1v) is 5.98. The minimum atomic E-state index is -0.202. The molecule has 0 radical (unpaired) electrons. The Kier molecular flexibility index (Phi) is 3.98. The summed E-state index contributed by atoms with van der Waals surface area (Å²) in [4.78, 5) is 11.7. The van der Waals surface area contributed by atoms with Gasteiger partial charge in [0, 0.05) is 11.8 Å².